The molecule has 0 heterocycles. The van der Waals surface area contributed by atoms with E-state index in [0.717, 1.165) is 6.42 Å². The summed E-state index contributed by atoms with van der Waals surface area (Å²) in [5, 5.41) is 0.569. The van der Waals surface area contributed by atoms with Crippen molar-refractivity contribution in [2.24, 2.45) is 0 Å². The summed E-state index contributed by atoms with van der Waals surface area (Å²) >= 11 is 0. The molecular weight excluding hydrogens is 88.1 g/mol. The van der Waals surface area contributed by atoms with Gasteiger partial charge in [0.15, 0.2) is 0 Å². The molecule has 0 N–H and O–H groups in total. The highest BCUT2D eigenvalue weighted by atomic mass is 28.1. The van der Waals surface area contributed by atoms with E-state index in [4.69, 9.17) is 0 Å². The Morgan fingerprint density at radius 1 is 1.67 bits per heavy atom. The van der Waals surface area contributed by atoms with Crippen LogP contribution < -0.4 is 0 Å². The molecule has 0 atom stereocenters. The Balaban J connectivity index is 3.17. The molecule has 0 fully saturated rings. The van der Waals surface area contributed by atoms with E-state index in [1.54, 1.807) is 0 Å². The van der Waals surface area contributed by atoms with Crippen LogP contribution >= 0.6 is 0 Å². The smallest absolute Gasteiger partial charge is 0.00994 e. The molecule has 0 unspecified atom stereocenters. The van der Waals surface area contributed by atoms with Gasteiger partial charge in [-0.3, -0.25) is 0 Å². The number of rotatable bonds is 1. The average molecular weight is 101 g/mol. The van der Waals surface area contributed by atoms with Crippen LogP contribution in [-0.4, -0.2) is 10.2 Å². The van der Waals surface area contributed by atoms with Crippen molar-refractivity contribution >= 4 is 10.2 Å². The monoisotopic (exact) mass is 101 g/mol. The Labute approximate surface area is 43.4 Å². The fraction of sp³-hybridized carbons (Fsp3) is 0.800. The quantitative estimate of drug-likeness (QED) is 0.428. The van der Waals surface area contributed by atoms with Gasteiger partial charge in [0.25, 0.3) is 0 Å². The molecule has 0 aliphatic rings. The number of hydrogen-bond acceptors (Lipinski definition) is 0. The molecule has 0 amide bonds. The highest BCUT2D eigenvalue weighted by molar-refractivity contribution is 6.14. The zero-order chi connectivity index (χ0) is 5.21. The van der Waals surface area contributed by atoms with Crippen molar-refractivity contribution in [3.8, 4) is 0 Å². The van der Waals surface area contributed by atoms with Crippen LogP contribution in [0.25, 0.3) is 0 Å². The summed E-state index contributed by atoms with van der Waals surface area (Å²) in [7, 11) is 1.27. The second-order valence-electron chi connectivity index (χ2n) is 2.81. The molecule has 0 spiro atoms. The molecule has 0 aromatic heterocycles. The maximum Gasteiger partial charge on any atom is 0.00994 e. The SMILES string of the molecule is [CH2]CC(C)(C)[SiH3]. The van der Waals surface area contributed by atoms with Crippen molar-refractivity contribution < 1.29 is 0 Å². The van der Waals surface area contributed by atoms with Crippen LogP contribution in [0.4, 0.5) is 0 Å². The molecule has 37 valence electrons. The van der Waals surface area contributed by atoms with Gasteiger partial charge in [-0.25, -0.2) is 0 Å². The lowest BCUT2D eigenvalue weighted by Crippen LogP contribution is -1.97. The van der Waals surface area contributed by atoms with E-state index in [9.17, 15) is 0 Å². The van der Waals surface area contributed by atoms with Crippen LogP contribution in [0.2, 0.25) is 5.04 Å². The highest BCUT2D eigenvalue weighted by Crippen LogP contribution is 2.21. The van der Waals surface area contributed by atoms with E-state index in [-0.39, 0.29) is 0 Å². The standard InChI is InChI=1S/C5H13Si/c1-4-5(2,3)6/h1,4H2,2-3,6H3. The molecule has 0 bridgehead atoms. The Morgan fingerprint density at radius 2 is 1.83 bits per heavy atom. The largest absolute Gasteiger partial charge is 0.0632 e. The Bertz CT molecular complexity index is 33.7. The normalized spacial score (nSPS) is 12.5. The van der Waals surface area contributed by atoms with Crippen molar-refractivity contribution in [2.45, 2.75) is 25.3 Å². The van der Waals surface area contributed by atoms with E-state index >= 15 is 0 Å². The summed E-state index contributed by atoms with van der Waals surface area (Å²) in [6.45, 7) is 8.28. The van der Waals surface area contributed by atoms with Crippen molar-refractivity contribution in [1.29, 1.82) is 0 Å². The zero-order valence-corrected chi connectivity index (χ0v) is 6.91. The van der Waals surface area contributed by atoms with Gasteiger partial charge in [-0.1, -0.05) is 27.2 Å². The lowest BCUT2D eigenvalue weighted by molar-refractivity contribution is 0.691. The van der Waals surface area contributed by atoms with Gasteiger partial charge in [-0.2, -0.15) is 0 Å². The van der Waals surface area contributed by atoms with Crippen molar-refractivity contribution in [3.05, 3.63) is 6.92 Å². The molecule has 0 saturated heterocycles. The molecule has 0 aliphatic heterocycles. The first kappa shape index (κ1) is 6.22. The molecule has 0 aromatic rings. The molecule has 6 heavy (non-hydrogen) atoms. The summed E-state index contributed by atoms with van der Waals surface area (Å²) in [4.78, 5) is 0. The lowest BCUT2D eigenvalue weighted by Gasteiger charge is -2.12. The van der Waals surface area contributed by atoms with Gasteiger partial charge in [0, 0.05) is 10.2 Å². The van der Waals surface area contributed by atoms with Gasteiger partial charge >= 0.3 is 0 Å². The molecule has 0 aromatic carbocycles. The van der Waals surface area contributed by atoms with Gasteiger partial charge in [0.05, 0.1) is 0 Å². The Kier molecular flexibility index (Phi) is 1.85. The predicted molar refractivity (Wildman–Crippen MR) is 34.0 cm³/mol. The topological polar surface area (TPSA) is 0 Å². The van der Waals surface area contributed by atoms with Crippen LogP contribution in [0, 0.1) is 6.92 Å². The van der Waals surface area contributed by atoms with Gasteiger partial charge in [0.2, 0.25) is 0 Å². The maximum absolute atomic E-state index is 3.79. The van der Waals surface area contributed by atoms with E-state index in [1.807, 2.05) is 0 Å². The lowest BCUT2D eigenvalue weighted by atomic mass is 10.1. The molecule has 0 nitrogen and oxygen atoms in total. The Morgan fingerprint density at radius 3 is 1.83 bits per heavy atom. The third-order valence-corrected chi connectivity index (χ3v) is 1.25. The zero-order valence-electron chi connectivity index (χ0n) is 4.91. The average Bonchev–Trinajstić information content (AvgIpc) is 1.35. The second kappa shape index (κ2) is 1.78. The van der Waals surface area contributed by atoms with Crippen LogP contribution in [0.1, 0.15) is 20.3 Å². The second-order valence-corrected chi connectivity index (χ2v) is 5.52. The number of hydrogen-bond donors (Lipinski definition) is 0. The molecule has 1 radical (unpaired) electrons. The van der Waals surface area contributed by atoms with Gasteiger partial charge < -0.3 is 0 Å². The summed E-state index contributed by atoms with van der Waals surface area (Å²) in [5.74, 6) is 0. The van der Waals surface area contributed by atoms with Crippen LogP contribution in [0.15, 0.2) is 0 Å². The first-order valence-electron chi connectivity index (χ1n) is 2.35. The fourth-order valence-electron chi connectivity index (χ4n) is 0. The molecule has 0 saturated carbocycles. The van der Waals surface area contributed by atoms with E-state index < -0.39 is 0 Å². The van der Waals surface area contributed by atoms with Crippen molar-refractivity contribution in [2.75, 3.05) is 0 Å². The van der Waals surface area contributed by atoms with E-state index in [1.165, 1.54) is 10.2 Å². The van der Waals surface area contributed by atoms with E-state index in [2.05, 4.69) is 20.8 Å². The minimum Gasteiger partial charge on any atom is -0.0632 e. The first-order chi connectivity index (χ1) is 2.56. The minimum atomic E-state index is 0.569. The fourth-order valence-corrected chi connectivity index (χ4v) is 0. The minimum absolute atomic E-state index is 0.569. The summed E-state index contributed by atoms with van der Waals surface area (Å²) < 4.78 is 0. The third-order valence-electron chi connectivity index (χ3n) is 0.750. The van der Waals surface area contributed by atoms with Crippen molar-refractivity contribution in [1.82, 2.24) is 0 Å². The Hall–Kier alpha value is 0.217. The van der Waals surface area contributed by atoms with Gasteiger partial charge in [0.1, 0.15) is 0 Å². The molecule has 1 heteroatoms. The highest BCUT2D eigenvalue weighted by Gasteiger charge is 2.03. The van der Waals surface area contributed by atoms with Gasteiger partial charge in [-0.15, -0.1) is 0 Å². The molecule has 0 rings (SSSR count). The predicted octanol–water partition coefficient (Wildman–Crippen LogP) is 0.774. The van der Waals surface area contributed by atoms with E-state index in [0.29, 0.717) is 5.04 Å². The van der Waals surface area contributed by atoms with Gasteiger partial charge in [-0.05, 0) is 5.04 Å². The molecule has 0 aliphatic carbocycles. The van der Waals surface area contributed by atoms with Crippen molar-refractivity contribution in [3.63, 3.8) is 0 Å². The summed E-state index contributed by atoms with van der Waals surface area (Å²) in [6, 6.07) is 0. The first-order valence-corrected chi connectivity index (χ1v) is 3.35. The van der Waals surface area contributed by atoms with Crippen LogP contribution in [0.3, 0.4) is 0 Å². The van der Waals surface area contributed by atoms with Crippen LogP contribution in [-0.2, 0) is 0 Å². The molecular formula is C5H13Si. The third kappa shape index (κ3) is 4.22. The summed E-state index contributed by atoms with van der Waals surface area (Å²) in [6.07, 6.45) is 1.08. The maximum atomic E-state index is 3.79. The van der Waals surface area contributed by atoms with Crippen LogP contribution in [0.5, 0.6) is 0 Å². The summed E-state index contributed by atoms with van der Waals surface area (Å²) in [5.41, 5.74) is 0.